The molecule has 438 valence electrons. The molecule has 0 atom stereocenters. The molecule has 4 aliphatic carbocycles. The van der Waals surface area contributed by atoms with Crippen molar-refractivity contribution in [3.05, 3.63) is 384 Å². The highest BCUT2D eigenvalue weighted by molar-refractivity contribution is 6.28. The molecule has 94 heavy (non-hydrogen) atoms. The molecule has 4 aliphatic rings. The minimum atomic E-state index is -0.629. The number of hydrogen-bond donors (Lipinski definition) is 0. The number of anilines is 6. The van der Waals surface area contributed by atoms with Crippen LogP contribution in [-0.2, 0) is 10.8 Å². The van der Waals surface area contributed by atoms with Crippen LogP contribution in [0.5, 0.6) is 0 Å². The number of halogens is 2. The summed E-state index contributed by atoms with van der Waals surface area (Å²) < 4.78 is 36.5. The molecule has 4 heteroatoms. The van der Waals surface area contributed by atoms with Crippen LogP contribution in [0.4, 0.5) is 42.9 Å². The molecule has 0 unspecified atom stereocenters. The van der Waals surface area contributed by atoms with Gasteiger partial charge in [-0.05, 0) is 170 Å². The van der Waals surface area contributed by atoms with E-state index in [0.717, 1.165) is 111 Å². The van der Waals surface area contributed by atoms with Gasteiger partial charge in [-0.3, -0.25) is 0 Å². The first-order chi connectivity index (χ1) is 46.5. The van der Waals surface area contributed by atoms with E-state index in [1.54, 1.807) is 12.1 Å². The Kier molecular flexibility index (Phi) is 11.1. The Bertz CT molecular complexity index is 5420. The fraction of sp³-hybridized carbons (Fsp3) is 0.0222. The monoisotopic (exact) mass is 1200 g/mol. The molecule has 0 N–H and O–H groups in total. The highest BCUT2D eigenvalue weighted by Crippen LogP contribution is 2.67. The van der Waals surface area contributed by atoms with Gasteiger partial charge in [-0.2, -0.15) is 0 Å². The second-order valence-electron chi connectivity index (χ2n) is 25.5. The van der Waals surface area contributed by atoms with Crippen molar-refractivity contribution in [2.24, 2.45) is 0 Å². The molecule has 2 nitrogen and oxygen atoms in total. The Hall–Kier alpha value is -12.0. The molecule has 0 amide bonds. The minimum absolute atomic E-state index is 0.344. The average molecular weight is 1200 g/mol. The van der Waals surface area contributed by atoms with Gasteiger partial charge in [0.05, 0.1) is 45.0 Å². The van der Waals surface area contributed by atoms with Gasteiger partial charge in [-0.1, -0.05) is 279 Å². The highest BCUT2D eigenvalue weighted by Gasteiger charge is 2.54. The number of fused-ring (bicyclic) bond motifs is 20. The molecule has 0 bridgehead atoms. The van der Waals surface area contributed by atoms with Gasteiger partial charge in [0.15, 0.2) is 0 Å². The summed E-state index contributed by atoms with van der Waals surface area (Å²) in [6.07, 6.45) is 0. The quantitative estimate of drug-likeness (QED) is 0.140. The molecule has 0 aromatic heterocycles. The predicted molar refractivity (Wildman–Crippen MR) is 383 cm³/mol. The molecular weight excluding hydrogens is 1150 g/mol. The molecule has 0 aliphatic heterocycles. The van der Waals surface area contributed by atoms with Crippen LogP contribution in [0.3, 0.4) is 0 Å². The standard InChI is InChI=1S/C90H54F2N2/c91-77-53-59(55-21-3-1-4-22-55)45-51-81(77)93(83-39-19-37-75-87(83)65-29-11-17-35-73(65)89(75)69-31-13-7-25-61(69)62-26-8-14-32-70(62)89)79-49-43-57-42-48-68-80(50-44-58-41-47-67(79)85(57)86(58)68)94(82-52-46-60(54-78(82)92)56-23-5-2-6-24-56)84-40-20-38-76-88(84)66-30-12-18-36-74(66)90(76)71-33-15-9-27-63(71)64-28-10-16-34-72(64)90/h1-54H. The first kappa shape index (κ1) is 52.8. The van der Waals surface area contributed by atoms with Gasteiger partial charge in [0.1, 0.15) is 11.6 Å². The fourth-order valence-corrected chi connectivity index (χ4v) is 17.6. The summed E-state index contributed by atoms with van der Waals surface area (Å²) in [7, 11) is 0. The lowest BCUT2D eigenvalue weighted by molar-refractivity contribution is 0.629. The second kappa shape index (κ2) is 19.8. The summed E-state index contributed by atoms with van der Waals surface area (Å²) in [6, 6.07) is 116. The summed E-state index contributed by atoms with van der Waals surface area (Å²) in [5.41, 5.74) is 25.4. The summed E-state index contributed by atoms with van der Waals surface area (Å²) in [6.45, 7) is 0. The molecule has 0 radical (unpaired) electrons. The van der Waals surface area contributed by atoms with E-state index in [4.69, 9.17) is 0 Å². The van der Waals surface area contributed by atoms with E-state index in [2.05, 4.69) is 252 Å². The van der Waals surface area contributed by atoms with Crippen LogP contribution < -0.4 is 9.80 Å². The van der Waals surface area contributed by atoms with Crippen molar-refractivity contribution in [2.75, 3.05) is 9.80 Å². The normalized spacial score (nSPS) is 13.6. The second-order valence-corrected chi connectivity index (χ2v) is 25.5. The zero-order valence-corrected chi connectivity index (χ0v) is 50.8. The molecular formula is C90H54F2N2. The maximum Gasteiger partial charge on any atom is 0.147 e. The van der Waals surface area contributed by atoms with E-state index in [1.807, 2.05) is 72.8 Å². The third kappa shape index (κ3) is 6.96. The largest absolute Gasteiger partial charge is 0.306 e. The molecule has 2 spiro atoms. The topological polar surface area (TPSA) is 6.48 Å². The molecule has 0 saturated heterocycles. The molecule has 16 aromatic rings. The van der Waals surface area contributed by atoms with Crippen LogP contribution >= 0.6 is 0 Å². The van der Waals surface area contributed by atoms with Crippen LogP contribution in [0.15, 0.2) is 328 Å². The summed E-state index contributed by atoms with van der Waals surface area (Å²) in [5, 5.41) is 6.05. The third-order valence-corrected chi connectivity index (χ3v) is 21.2. The van der Waals surface area contributed by atoms with E-state index >= 15 is 8.78 Å². The van der Waals surface area contributed by atoms with Gasteiger partial charge in [-0.25, -0.2) is 8.78 Å². The van der Waals surface area contributed by atoms with Crippen molar-refractivity contribution in [1.29, 1.82) is 0 Å². The lowest BCUT2D eigenvalue weighted by Crippen LogP contribution is -2.26. The summed E-state index contributed by atoms with van der Waals surface area (Å²) >= 11 is 0. The summed E-state index contributed by atoms with van der Waals surface area (Å²) in [5.74, 6) is -0.687. The van der Waals surface area contributed by atoms with Crippen molar-refractivity contribution in [3.8, 4) is 66.8 Å². The van der Waals surface area contributed by atoms with E-state index in [1.165, 1.54) is 55.6 Å². The number of nitrogens with zero attached hydrogens (tertiary/aromatic N) is 2. The predicted octanol–water partition coefficient (Wildman–Crippen LogP) is 23.8. The van der Waals surface area contributed by atoms with Crippen molar-refractivity contribution in [3.63, 3.8) is 0 Å². The zero-order chi connectivity index (χ0) is 62.0. The Morgan fingerprint density at radius 3 is 0.872 bits per heavy atom. The smallest absolute Gasteiger partial charge is 0.147 e. The molecule has 16 aromatic carbocycles. The Morgan fingerprint density at radius 2 is 0.511 bits per heavy atom. The van der Waals surface area contributed by atoms with Gasteiger partial charge in [0, 0.05) is 21.9 Å². The first-order valence-corrected chi connectivity index (χ1v) is 32.4. The van der Waals surface area contributed by atoms with Crippen LogP contribution in [0.1, 0.15) is 44.5 Å². The zero-order valence-electron chi connectivity index (χ0n) is 50.8. The average Bonchev–Trinajstić information content (AvgIpc) is 1.52. The van der Waals surface area contributed by atoms with Gasteiger partial charge >= 0.3 is 0 Å². The lowest BCUT2D eigenvalue weighted by Gasteiger charge is -2.33. The molecule has 0 fully saturated rings. The van der Waals surface area contributed by atoms with E-state index in [-0.39, 0.29) is 11.6 Å². The van der Waals surface area contributed by atoms with E-state index < -0.39 is 10.8 Å². The van der Waals surface area contributed by atoms with Gasteiger partial charge < -0.3 is 9.80 Å². The van der Waals surface area contributed by atoms with E-state index in [0.29, 0.717) is 11.4 Å². The molecule has 20 rings (SSSR count). The maximum absolute atomic E-state index is 18.3. The lowest BCUT2D eigenvalue weighted by atomic mass is 9.70. The highest BCUT2D eigenvalue weighted by atomic mass is 19.1. The first-order valence-electron chi connectivity index (χ1n) is 32.4. The van der Waals surface area contributed by atoms with Gasteiger partial charge in [0.2, 0.25) is 0 Å². The van der Waals surface area contributed by atoms with Crippen molar-refractivity contribution >= 4 is 66.4 Å². The number of hydrogen-bond acceptors (Lipinski definition) is 2. The molecule has 0 heterocycles. The van der Waals surface area contributed by atoms with Crippen LogP contribution in [0.2, 0.25) is 0 Å². The Balaban J connectivity index is 0.846. The summed E-state index contributed by atoms with van der Waals surface area (Å²) in [4.78, 5) is 4.38. The van der Waals surface area contributed by atoms with Crippen molar-refractivity contribution in [2.45, 2.75) is 10.8 Å². The number of benzene rings is 16. The Morgan fingerprint density at radius 1 is 0.213 bits per heavy atom. The van der Waals surface area contributed by atoms with Crippen LogP contribution in [0, 0.1) is 11.6 Å². The maximum atomic E-state index is 18.3. The van der Waals surface area contributed by atoms with Gasteiger partial charge in [0.25, 0.3) is 0 Å². The Labute approximate surface area is 543 Å². The van der Waals surface area contributed by atoms with Crippen molar-refractivity contribution in [1.82, 2.24) is 0 Å². The van der Waals surface area contributed by atoms with Gasteiger partial charge in [-0.15, -0.1) is 0 Å². The fourth-order valence-electron chi connectivity index (χ4n) is 17.6. The molecule has 0 saturated carbocycles. The third-order valence-electron chi connectivity index (χ3n) is 21.2. The minimum Gasteiger partial charge on any atom is -0.306 e. The van der Waals surface area contributed by atoms with Crippen LogP contribution in [0.25, 0.3) is 99.1 Å². The van der Waals surface area contributed by atoms with Crippen LogP contribution in [-0.4, -0.2) is 0 Å². The SMILES string of the molecule is Fc1cc(-c2ccccc2)ccc1N(c1cccc2c1-c1ccccc1C21c2ccccc2-c2ccccc21)c1ccc2ccc3c(N(c4ccc(-c5ccccc5)cc4F)c4cccc5c4-c4ccccc4C54c5ccccc5-c5ccccc54)ccc4ccc1c2c43. The van der Waals surface area contributed by atoms with Crippen molar-refractivity contribution < 1.29 is 8.78 Å². The number of rotatable bonds is 8. The van der Waals surface area contributed by atoms with E-state index in [9.17, 15) is 0 Å².